The van der Waals surface area contributed by atoms with Gasteiger partial charge in [0, 0.05) is 18.5 Å². The summed E-state index contributed by atoms with van der Waals surface area (Å²) in [5, 5.41) is 7.43. The normalized spacial score (nSPS) is 20.7. The Kier molecular flexibility index (Phi) is 5.81. The van der Waals surface area contributed by atoms with Crippen molar-refractivity contribution in [2.45, 2.75) is 70.4 Å². The highest BCUT2D eigenvalue weighted by Gasteiger charge is 2.22. The lowest BCUT2D eigenvalue weighted by Gasteiger charge is -2.34. The highest BCUT2D eigenvalue weighted by atomic mass is 15.2. The average molecular weight is 225 g/mol. The molecule has 0 bridgehead atoms. The monoisotopic (exact) mass is 225 g/mol. The maximum atomic E-state index is 7.43. The molecule has 94 valence electrons. The van der Waals surface area contributed by atoms with Gasteiger partial charge in [-0.25, -0.2) is 0 Å². The molecule has 1 aliphatic carbocycles. The van der Waals surface area contributed by atoms with Crippen LogP contribution in [0.5, 0.6) is 0 Å². The molecule has 1 fully saturated rings. The maximum absolute atomic E-state index is 7.43. The molecule has 1 rings (SSSR count). The van der Waals surface area contributed by atoms with Crippen molar-refractivity contribution in [1.82, 2.24) is 4.90 Å². The van der Waals surface area contributed by atoms with E-state index in [4.69, 9.17) is 11.1 Å². The fraction of sp³-hybridized carbons (Fsp3) is 0.923. The predicted octanol–water partition coefficient (Wildman–Crippen LogP) is 2.75. The van der Waals surface area contributed by atoms with Gasteiger partial charge in [0.05, 0.1) is 5.84 Å². The summed E-state index contributed by atoms with van der Waals surface area (Å²) in [5.74, 6) is 0.326. The van der Waals surface area contributed by atoms with Gasteiger partial charge in [-0.2, -0.15) is 0 Å². The molecule has 0 aliphatic heterocycles. The first-order valence-corrected chi connectivity index (χ1v) is 6.70. The summed E-state index contributed by atoms with van der Waals surface area (Å²) in [6, 6.07) is 1.17. The van der Waals surface area contributed by atoms with Crippen molar-refractivity contribution in [2.75, 3.05) is 7.05 Å². The summed E-state index contributed by atoms with van der Waals surface area (Å²) < 4.78 is 0. The Morgan fingerprint density at radius 3 is 2.31 bits per heavy atom. The zero-order valence-electron chi connectivity index (χ0n) is 10.8. The first kappa shape index (κ1) is 13.5. The highest BCUT2D eigenvalue weighted by Crippen LogP contribution is 2.23. The van der Waals surface area contributed by atoms with Gasteiger partial charge in [0.25, 0.3) is 0 Å². The van der Waals surface area contributed by atoms with E-state index in [9.17, 15) is 0 Å². The molecule has 0 saturated heterocycles. The second kappa shape index (κ2) is 6.89. The van der Waals surface area contributed by atoms with E-state index in [2.05, 4.69) is 18.9 Å². The van der Waals surface area contributed by atoms with Crippen LogP contribution in [0, 0.1) is 5.41 Å². The van der Waals surface area contributed by atoms with Crippen molar-refractivity contribution >= 4 is 5.84 Å². The molecule has 3 heteroatoms. The van der Waals surface area contributed by atoms with Gasteiger partial charge < -0.3 is 10.6 Å². The quantitative estimate of drug-likeness (QED) is 0.429. The van der Waals surface area contributed by atoms with Crippen LogP contribution in [0.3, 0.4) is 0 Å². The number of nitrogens with zero attached hydrogens (tertiary/aromatic N) is 1. The second-order valence-electron chi connectivity index (χ2n) is 5.10. The molecule has 0 heterocycles. The van der Waals surface area contributed by atoms with E-state index >= 15 is 0 Å². The van der Waals surface area contributed by atoms with Crippen LogP contribution in [0.25, 0.3) is 0 Å². The van der Waals surface area contributed by atoms with Crippen molar-refractivity contribution < 1.29 is 0 Å². The minimum Gasteiger partial charge on any atom is -0.388 e. The first-order chi connectivity index (χ1) is 7.65. The largest absolute Gasteiger partial charge is 0.388 e. The summed E-state index contributed by atoms with van der Waals surface area (Å²) in [6.45, 7) is 2.20. The van der Waals surface area contributed by atoms with E-state index in [1.165, 1.54) is 38.5 Å². The molecule has 1 unspecified atom stereocenters. The van der Waals surface area contributed by atoms with Crippen LogP contribution in [-0.4, -0.2) is 29.9 Å². The summed E-state index contributed by atoms with van der Waals surface area (Å²) in [4.78, 5) is 2.48. The van der Waals surface area contributed by atoms with E-state index in [0.717, 1.165) is 12.8 Å². The van der Waals surface area contributed by atoms with Crippen LogP contribution in [0.15, 0.2) is 0 Å². The van der Waals surface area contributed by atoms with E-state index < -0.39 is 0 Å². The van der Waals surface area contributed by atoms with Crippen molar-refractivity contribution in [1.29, 1.82) is 5.41 Å². The van der Waals surface area contributed by atoms with Gasteiger partial charge in [-0.15, -0.1) is 0 Å². The van der Waals surface area contributed by atoms with Crippen LogP contribution in [0.4, 0.5) is 0 Å². The van der Waals surface area contributed by atoms with Gasteiger partial charge in [0.1, 0.15) is 0 Å². The number of amidine groups is 1. The lowest BCUT2D eigenvalue weighted by Crippen LogP contribution is -2.41. The van der Waals surface area contributed by atoms with Gasteiger partial charge in [-0.3, -0.25) is 5.41 Å². The Morgan fingerprint density at radius 1 is 1.31 bits per heavy atom. The van der Waals surface area contributed by atoms with Crippen LogP contribution in [0.1, 0.15) is 58.3 Å². The van der Waals surface area contributed by atoms with Crippen LogP contribution < -0.4 is 5.73 Å². The maximum Gasteiger partial charge on any atom is 0.0921 e. The second-order valence-corrected chi connectivity index (χ2v) is 5.10. The van der Waals surface area contributed by atoms with Crippen molar-refractivity contribution in [3.8, 4) is 0 Å². The number of hydrogen-bond acceptors (Lipinski definition) is 2. The molecule has 3 N–H and O–H groups in total. The minimum absolute atomic E-state index is 0.326. The summed E-state index contributed by atoms with van der Waals surface area (Å²) in [6.07, 6.45) is 9.99. The van der Waals surface area contributed by atoms with Crippen LogP contribution in [0.2, 0.25) is 0 Å². The SMILES string of the molecule is CCC(CC(=N)N)N(C)C1CCCCCC1. The fourth-order valence-corrected chi connectivity index (χ4v) is 2.79. The Bertz CT molecular complexity index is 207. The standard InChI is InChI=1S/C13H27N3/c1-3-11(10-13(14)15)16(2)12-8-6-4-5-7-9-12/h11-12H,3-10H2,1-2H3,(H3,14,15). The Morgan fingerprint density at radius 2 is 1.88 bits per heavy atom. The Labute approximate surface area is 99.9 Å². The topological polar surface area (TPSA) is 53.1 Å². The zero-order valence-corrected chi connectivity index (χ0v) is 10.8. The first-order valence-electron chi connectivity index (χ1n) is 6.70. The average Bonchev–Trinajstić information content (AvgIpc) is 2.53. The Balaban J connectivity index is 2.50. The third-order valence-electron chi connectivity index (χ3n) is 3.90. The lowest BCUT2D eigenvalue weighted by atomic mass is 10.0. The number of rotatable bonds is 5. The van der Waals surface area contributed by atoms with Gasteiger partial charge in [-0.1, -0.05) is 32.6 Å². The molecule has 0 aromatic heterocycles. The number of nitrogens with two attached hydrogens (primary N) is 1. The molecule has 0 radical (unpaired) electrons. The summed E-state index contributed by atoms with van der Waals surface area (Å²) >= 11 is 0. The molecule has 1 atom stereocenters. The van der Waals surface area contributed by atoms with Crippen molar-refractivity contribution in [3.05, 3.63) is 0 Å². The molecule has 1 aliphatic rings. The van der Waals surface area contributed by atoms with E-state index in [-0.39, 0.29) is 0 Å². The summed E-state index contributed by atoms with van der Waals surface area (Å²) in [7, 11) is 2.22. The predicted molar refractivity (Wildman–Crippen MR) is 69.9 cm³/mol. The van der Waals surface area contributed by atoms with Crippen molar-refractivity contribution in [2.24, 2.45) is 5.73 Å². The minimum atomic E-state index is 0.326. The highest BCUT2D eigenvalue weighted by molar-refractivity contribution is 5.77. The van der Waals surface area contributed by atoms with Gasteiger partial charge >= 0.3 is 0 Å². The Hall–Kier alpha value is -0.570. The smallest absolute Gasteiger partial charge is 0.0921 e. The molecule has 0 amide bonds. The molecule has 3 nitrogen and oxygen atoms in total. The molecule has 1 saturated carbocycles. The lowest BCUT2D eigenvalue weighted by molar-refractivity contribution is 0.156. The van der Waals surface area contributed by atoms with Gasteiger partial charge in [0.2, 0.25) is 0 Å². The third-order valence-corrected chi connectivity index (χ3v) is 3.90. The van der Waals surface area contributed by atoms with Crippen LogP contribution >= 0.6 is 0 Å². The third kappa shape index (κ3) is 4.12. The number of hydrogen-bond donors (Lipinski definition) is 2. The van der Waals surface area contributed by atoms with Crippen LogP contribution in [-0.2, 0) is 0 Å². The zero-order chi connectivity index (χ0) is 12.0. The van der Waals surface area contributed by atoms with Crippen molar-refractivity contribution in [3.63, 3.8) is 0 Å². The van der Waals surface area contributed by atoms with E-state index in [1.54, 1.807) is 0 Å². The van der Waals surface area contributed by atoms with E-state index in [1.807, 2.05) is 0 Å². The summed E-state index contributed by atoms with van der Waals surface area (Å²) in [5.41, 5.74) is 5.52. The molecule has 0 aromatic carbocycles. The molecule has 0 aromatic rings. The van der Waals surface area contributed by atoms with Gasteiger partial charge in [0.15, 0.2) is 0 Å². The molecular weight excluding hydrogens is 198 g/mol. The van der Waals surface area contributed by atoms with Gasteiger partial charge in [-0.05, 0) is 26.3 Å². The fourth-order valence-electron chi connectivity index (χ4n) is 2.79. The molecule has 16 heavy (non-hydrogen) atoms. The molecular formula is C13H27N3. The number of nitrogens with one attached hydrogen (secondary N) is 1. The molecule has 0 spiro atoms. The van der Waals surface area contributed by atoms with E-state index in [0.29, 0.717) is 17.9 Å².